The van der Waals surface area contributed by atoms with Crippen LogP contribution in [0.5, 0.6) is 0 Å². The molecule has 42 heavy (non-hydrogen) atoms. The molecule has 1 aliphatic carbocycles. The SMILES string of the molecule is CN1CCN(Cc2ccc(C(=O)NCc3cccc(CO[C@H]4CCC[C@H]4NC(=O)/C(C#N)=C/C(C)(C)C)c3)cc2)CC1. The van der Waals surface area contributed by atoms with Gasteiger partial charge in [0.15, 0.2) is 0 Å². The summed E-state index contributed by atoms with van der Waals surface area (Å²) < 4.78 is 6.23. The predicted octanol–water partition coefficient (Wildman–Crippen LogP) is 4.41. The summed E-state index contributed by atoms with van der Waals surface area (Å²) in [5.41, 5.74) is 3.77. The molecule has 224 valence electrons. The summed E-state index contributed by atoms with van der Waals surface area (Å²) in [6, 6.07) is 17.8. The van der Waals surface area contributed by atoms with E-state index in [1.54, 1.807) is 6.08 Å². The molecule has 0 bridgehead atoms. The second-order valence-electron chi connectivity index (χ2n) is 12.7. The van der Waals surface area contributed by atoms with Crippen LogP contribution in [0, 0.1) is 16.7 Å². The lowest BCUT2D eigenvalue weighted by molar-refractivity contribution is -0.118. The van der Waals surface area contributed by atoms with Crippen molar-refractivity contribution in [3.63, 3.8) is 0 Å². The van der Waals surface area contributed by atoms with Gasteiger partial charge in [0.2, 0.25) is 0 Å². The van der Waals surface area contributed by atoms with E-state index in [1.165, 1.54) is 5.56 Å². The van der Waals surface area contributed by atoms with Crippen LogP contribution in [0.15, 0.2) is 60.2 Å². The van der Waals surface area contributed by atoms with Crippen LogP contribution in [-0.4, -0.2) is 67.0 Å². The van der Waals surface area contributed by atoms with E-state index in [0.717, 1.165) is 63.1 Å². The van der Waals surface area contributed by atoms with Gasteiger partial charge in [0.05, 0.1) is 18.8 Å². The second kappa shape index (κ2) is 14.6. The van der Waals surface area contributed by atoms with Gasteiger partial charge in [0.25, 0.3) is 11.8 Å². The summed E-state index contributed by atoms with van der Waals surface area (Å²) in [5, 5.41) is 15.5. The zero-order valence-electron chi connectivity index (χ0n) is 25.5. The first kappa shape index (κ1) is 31.4. The van der Waals surface area contributed by atoms with Gasteiger partial charge in [0.1, 0.15) is 11.6 Å². The molecule has 1 aliphatic heterocycles. The molecule has 2 fully saturated rings. The number of allylic oxidation sites excluding steroid dienone is 1. The minimum absolute atomic E-state index is 0.0930. The Kier molecular flexibility index (Phi) is 10.9. The Morgan fingerprint density at radius 3 is 2.43 bits per heavy atom. The number of amides is 2. The van der Waals surface area contributed by atoms with Gasteiger partial charge in [-0.3, -0.25) is 14.5 Å². The number of likely N-dealkylation sites (N-methyl/N-ethyl adjacent to an activating group) is 1. The topological polar surface area (TPSA) is 97.7 Å². The number of carbonyl (C=O) groups excluding carboxylic acids is 2. The van der Waals surface area contributed by atoms with Gasteiger partial charge in [-0.2, -0.15) is 5.26 Å². The third-order valence-corrected chi connectivity index (χ3v) is 7.84. The average Bonchev–Trinajstić information content (AvgIpc) is 3.41. The Hall–Kier alpha value is -3.51. The van der Waals surface area contributed by atoms with E-state index in [2.05, 4.69) is 27.5 Å². The maximum Gasteiger partial charge on any atom is 0.261 e. The molecule has 0 aromatic heterocycles. The van der Waals surface area contributed by atoms with E-state index in [9.17, 15) is 14.9 Å². The van der Waals surface area contributed by atoms with Crippen molar-refractivity contribution in [1.82, 2.24) is 20.4 Å². The van der Waals surface area contributed by atoms with Crippen molar-refractivity contribution in [3.05, 3.63) is 82.4 Å². The van der Waals surface area contributed by atoms with Crippen molar-refractivity contribution in [2.75, 3.05) is 33.2 Å². The molecule has 0 radical (unpaired) electrons. The highest BCUT2D eigenvalue weighted by Crippen LogP contribution is 2.25. The maximum atomic E-state index is 12.8. The maximum absolute atomic E-state index is 12.8. The number of nitrogens with one attached hydrogen (secondary N) is 2. The molecule has 2 aromatic rings. The van der Waals surface area contributed by atoms with Crippen LogP contribution in [0.2, 0.25) is 0 Å². The zero-order chi connectivity index (χ0) is 30.1. The van der Waals surface area contributed by atoms with Crippen molar-refractivity contribution >= 4 is 11.8 Å². The van der Waals surface area contributed by atoms with E-state index in [0.29, 0.717) is 18.7 Å². The Morgan fingerprint density at radius 1 is 1.02 bits per heavy atom. The van der Waals surface area contributed by atoms with Gasteiger partial charge in [-0.25, -0.2) is 0 Å². The van der Waals surface area contributed by atoms with Crippen molar-refractivity contribution in [2.24, 2.45) is 5.41 Å². The van der Waals surface area contributed by atoms with E-state index < -0.39 is 0 Å². The van der Waals surface area contributed by atoms with Gasteiger partial charge in [-0.1, -0.05) is 63.2 Å². The number of nitriles is 1. The molecule has 1 saturated heterocycles. The number of ether oxygens (including phenoxy) is 1. The van der Waals surface area contributed by atoms with Gasteiger partial charge in [-0.05, 0) is 60.5 Å². The number of rotatable bonds is 10. The normalized spacial score (nSPS) is 20.2. The summed E-state index contributed by atoms with van der Waals surface area (Å²) in [6.07, 6.45) is 4.25. The molecule has 8 heteroatoms. The Bertz CT molecular complexity index is 1280. The van der Waals surface area contributed by atoms with Gasteiger partial charge >= 0.3 is 0 Å². The Balaban J connectivity index is 1.24. The molecule has 1 heterocycles. The summed E-state index contributed by atoms with van der Waals surface area (Å²) in [5.74, 6) is -0.431. The molecule has 2 aliphatic rings. The molecule has 8 nitrogen and oxygen atoms in total. The summed E-state index contributed by atoms with van der Waals surface area (Å²) in [7, 11) is 2.16. The van der Waals surface area contributed by atoms with Crippen molar-refractivity contribution in [3.8, 4) is 6.07 Å². The van der Waals surface area contributed by atoms with Crippen LogP contribution in [-0.2, 0) is 29.2 Å². The first-order chi connectivity index (χ1) is 20.1. The van der Waals surface area contributed by atoms with E-state index in [1.807, 2.05) is 75.4 Å². The summed E-state index contributed by atoms with van der Waals surface area (Å²) in [6.45, 7) is 12.0. The van der Waals surface area contributed by atoms with Crippen LogP contribution < -0.4 is 10.6 Å². The highest BCUT2D eigenvalue weighted by molar-refractivity contribution is 5.97. The number of hydrogen-bond donors (Lipinski definition) is 2. The number of piperazine rings is 1. The number of nitrogens with zero attached hydrogens (tertiary/aromatic N) is 3. The zero-order valence-corrected chi connectivity index (χ0v) is 25.5. The fraction of sp³-hybridized carbons (Fsp3) is 0.500. The Morgan fingerprint density at radius 2 is 1.74 bits per heavy atom. The fourth-order valence-electron chi connectivity index (χ4n) is 5.46. The standard InChI is InChI=1S/C34H45N5O3/c1-34(2,3)20-29(21-35)33(41)37-30-9-6-10-31(30)42-24-27-8-5-7-26(19-27)22-36-32(40)28-13-11-25(12-14-28)23-39-17-15-38(4)16-18-39/h5,7-8,11-14,19-20,30-31H,6,9-10,15-18,22-24H2,1-4H3,(H,36,40)(H,37,41)/b29-20+/t30-,31+/m1/s1. The van der Waals surface area contributed by atoms with Crippen LogP contribution in [0.1, 0.15) is 67.1 Å². The predicted molar refractivity (Wildman–Crippen MR) is 164 cm³/mol. The largest absolute Gasteiger partial charge is 0.371 e. The molecule has 2 aromatic carbocycles. The number of hydrogen-bond acceptors (Lipinski definition) is 6. The average molecular weight is 572 g/mol. The van der Waals surface area contributed by atoms with Crippen molar-refractivity contribution in [1.29, 1.82) is 5.26 Å². The first-order valence-electron chi connectivity index (χ1n) is 15.0. The molecule has 2 amide bonds. The van der Waals surface area contributed by atoms with Crippen LogP contribution in [0.4, 0.5) is 0 Å². The molecule has 1 saturated carbocycles. The third-order valence-electron chi connectivity index (χ3n) is 7.84. The van der Waals surface area contributed by atoms with E-state index in [-0.39, 0.29) is 34.9 Å². The molecule has 0 spiro atoms. The van der Waals surface area contributed by atoms with Gasteiger partial charge in [0, 0.05) is 44.8 Å². The molecule has 0 unspecified atom stereocenters. The van der Waals surface area contributed by atoms with Gasteiger partial charge in [-0.15, -0.1) is 0 Å². The molecule has 4 rings (SSSR count). The Labute approximate surface area is 250 Å². The van der Waals surface area contributed by atoms with Crippen molar-refractivity contribution < 1.29 is 14.3 Å². The smallest absolute Gasteiger partial charge is 0.261 e. The highest BCUT2D eigenvalue weighted by Gasteiger charge is 2.30. The lowest BCUT2D eigenvalue weighted by Gasteiger charge is -2.32. The monoisotopic (exact) mass is 571 g/mol. The third kappa shape index (κ3) is 9.52. The summed E-state index contributed by atoms with van der Waals surface area (Å²) >= 11 is 0. The minimum atomic E-state index is -0.338. The second-order valence-corrected chi connectivity index (χ2v) is 12.7. The lowest BCUT2D eigenvalue weighted by atomic mass is 9.93. The lowest BCUT2D eigenvalue weighted by Crippen LogP contribution is -2.43. The fourth-order valence-corrected chi connectivity index (χ4v) is 5.46. The van der Waals surface area contributed by atoms with E-state index >= 15 is 0 Å². The number of benzene rings is 2. The molecule has 2 atom stereocenters. The van der Waals surface area contributed by atoms with Crippen molar-refractivity contribution in [2.45, 2.75) is 71.9 Å². The summed E-state index contributed by atoms with van der Waals surface area (Å²) in [4.78, 5) is 30.3. The molecular weight excluding hydrogens is 526 g/mol. The van der Waals surface area contributed by atoms with Crippen LogP contribution in [0.3, 0.4) is 0 Å². The van der Waals surface area contributed by atoms with E-state index in [4.69, 9.17) is 4.74 Å². The van der Waals surface area contributed by atoms with Crippen LogP contribution in [0.25, 0.3) is 0 Å². The highest BCUT2D eigenvalue weighted by atomic mass is 16.5. The number of carbonyl (C=O) groups is 2. The first-order valence-corrected chi connectivity index (χ1v) is 15.0. The van der Waals surface area contributed by atoms with Crippen LogP contribution >= 0.6 is 0 Å². The quantitative estimate of drug-likeness (QED) is 0.324. The minimum Gasteiger partial charge on any atom is -0.371 e. The molecule has 2 N–H and O–H groups in total. The molecular formula is C34H45N5O3. The van der Waals surface area contributed by atoms with Gasteiger partial charge < -0.3 is 20.3 Å².